The molecule has 1 saturated heterocycles. The van der Waals surface area contributed by atoms with Crippen LogP contribution in [-0.4, -0.2) is 17.0 Å². The molecular formula is C8H13IO2. The van der Waals surface area contributed by atoms with E-state index in [1.807, 2.05) is 0 Å². The zero-order chi connectivity index (χ0) is 8.10. The van der Waals surface area contributed by atoms with Crippen LogP contribution < -0.4 is 0 Å². The Morgan fingerprint density at radius 2 is 2.45 bits per heavy atom. The molecule has 0 saturated carbocycles. The summed E-state index contributed by atoms with van der Waals surface area (Å²) < 4.78 is 6.19. The number of alkyl halides is 1. The lowest BCUT2D eigenvalue weighted by molar-refractivity contribution is -0.143. The van der Waals surface area contributed by atoms with Gasteiger partial charge in [0.1, 0.15) is 0 Å². The Hall–Kier alpha value is 0.200. The number of rotatable bonds is 2. The lowest BCUT2D eigenvalue weighted by Crippen LogP contribution is -2.09. The molecular weight excluding hydrogens is 255 g/mol. The molecule has 0 amide bonds. The second kappa shape index (κ2) is 4.95. The van der Waals surface area contributed by atoms with Crippen LogP contribution in [0.2, 0.25) is 0 Å². The van der Waals surface area contributed by atoms with E-state index in [4.69, 9.17) is 4.74 Å². The molecule has 0 N–H and O–H groups in total. The van der Waals surface area contributed by atoms with Crippen molar-refractivity contribution in [3.63, 3.8) is 0 Å². The van der Waals surface area contributed by atoms with E-state index in [0.29, 0.717) is 18.9 Å². The number of ether oxygens (including phenoxy) is 1. The molecule has 0 radical (unpaired) electrons. The summed E-state index contributed by atoms with van der Waals surface area (Å²) in [5.74, 6) is 0.610. The van der Waals surface area contributed by atoms with Crippen LogP contribution in [0, 0.1) is 5.92 Å². The first-order chi connectivity index (χ1) is 5.33. The maximum absolute atomic E-state index is 10.8. The van der Waals surface area contributed by atoms with Crippen LogP contribution in [0.15, 0.2) is 0 Å². The zero-order valence-corrected chi connectivity index (χ0v) is 8.67. The Morgan fingerprint density at radius 3 is 3.18 bits per heavy atom. The summed E-state index contributed by atoms with van der Waals surface area (Å²) in [6.07, 6.45) is 3.99. The van der Waals surface area contributed by atoms with Crippen molar-refractivity contribution in [3.8, 4) is 0 Å². The van der Waals surface area contributed by atoms with Gasteiger partial charge in [0.05, 0.1) is 6.61 Å². The second-order valence-corrected chi connectivity index (χ2v) is 4.00. The van der Waals surface area contributed by atoms with Gasteiger partial charge in [-0.05, 0) is 29.6 Å². The quantitative estimate of drug-likeness (QED) is 0.436. The van der Waals surface area contributed by atoms with Gasteiger partial charge in [0.2, 0.25) is 0 Å². The number of hydrogen-bond acceptors (Lipinski definition) is 2. The molecule has 64 valence electrons. The SMILES string of the molecule is O=C1CCCC(CCI)CO1. The van der Waals surface area contributed by atoms with Gasteiger partial charge >= 0.3 is 5.97 Å². The van der Waals surface area contributed by atoms with E-state index >= 15 is 0 Å². The molecule has 0 aromatic rings. The highest BCUT2D eigenvalue weighted by Gasteiger charge is 2.16. The van der Waals surface area contributed by atoms with E-state index in [-0.39, 0.29) is 5.97 Å². The van der Waals surface area contributed by atoms with Crippen LogP contribution in [0.1, 0.15) is 25.7 Å². The maximum atomic E-state index is 10.8. The van der Waals surface area contributed by atoms with Crippen LogP contribution in [0.3, 0.4) is 0 Å². The van der Waals surface area contributed by atoms with E-state index in [1.54, 1.807) is 0 Å². The molecule has 0 spiro atoms. The van der Waals surface area contributed by atoms with Gasteiger partial charge in [0, 0.05) is 6.42 Å². The minimum atomic E-state index is -0.0130. The third-order valence-corrected chi connectivity index (χ3v) is 2.61. The predicted molar refractivity (Wildman–Crippen MR) is 51.8 cm³/mol. The largest absolute Gasteiger partial charge is 0.465 e. The molecule has 1 aliphatic rings. The molecule has 1 atom stereocenters. The lowest BCUT2D eigenvalue weighted by Gasteiger charge is -2.10. The molecule has 0 aromatic heterocycles. The summed E-state index contributed by atoms with van der Waals surface area (Å²) in [5, 5.41) is 0. The zero-order valence-electron chi connectivity index (χ0n) is 6.51. The summed E-state index contributed by atoms with van der Waals surface area (Å²) >= 11 is 2.37. The van der Waals surface area contributed by atoms with Crippen molar-refractivity contribution in [2.45, 2.75) is 25.7 Å². The first-order valence-electron chi connectivity index (χ1n) is 4.04. The smallest absolute Gasteiger partial charge is 0.305 e. The van der Waals surface area contributed by atoms with Crippen molar-refractivity contribution in [3.05, 3.63) is 0 Å². The molecule has 1 unspecified atom stereocenters. The van der Waals surface area contributed by atoms with Gasteiger partial charge in [-0.3, -0.25) is 4.79 Å². The number of halogens is 1. The first-order valence-corrected chi connectivity index (χ1v) is 5.57. The monoisotopic (exact) mass is 268 g/mol. The summed E-state index contributed by atoms with van der Waals surface area (Å²) in [6.45, 7) is 0.655. The molecule has 0 bridgehead atoms. The third kappa shape index (κ3) is 3.40. The van der Waals surface area contributed by atoms with E-state index < -0.39 is 0 Å². The standard InChI is InChI=1S/C8H13IO2/c9-5-4-7-2-1-3-8(10)11-6-7/h7H,1-6H2. The molecule has 0 aromatic carbocycles. The molecule has 1 aliphatic heterocycles. The van der Waals surface area contributed by atoms with Crippen molar-refractivity contribution < 1.29 is 9.53 Å². The van der Waals surface area contributed by atoms with E-state index in [0.717, 1.165) is 12.8 Å². The van der Waals surface area contributed by atoms with Crippen molar-refractivity contribution >= 4 is 28.6 Å². The van der Waals surface area contributed by atoms with Gasteiger partial charge in [-0.2, -0.15) is 0 Å². The number of hydrogen-bond donors (Lipinski definition) is 0. The van der Waals surface area contributed by atoms with Gasteiger partial charge in [0.25, 0.3) is 0 Å². The molecule has 1 heterocycles. The Morgan fingerprint density at radius 1 is 1.64 bits per heavy atom. The molecule has 2 nitrogen and oxygen atoms in total. The van der Waals surface area contributed by atoms with Crippen LogP contribution in [-0.2, 0) is 9.53 Å². The van der Waals surface area contributed by atoms with E-state index in [9.17, 15) is 4.79 Å². The second-order valence-electron chi connectivity index (χ2n) is 2.92. The fourth-order valence-electron chi connectivity index (χ4n) is 1.28. The average molecular weight is 268 g/mol. The Kier molecular flexibility index (Phi) is 4.18. The van der Waals surface area contributed by atoms with Crippen LogP contribution in [0.25, 0.3) is 0 Å². The highest BCUT2D eigenvalue weighted by molar-refractivity contribution is 14.1. The summed E-state index contributed by atoms with van der Waals surface area (Å²) in [7, 11) is 0. The number of carbonyl (C=O) groups is 1. The minimum Gasteiger partial charge on any atom is -0.465 e. The number of carbonyl (C=O) groups excluding carboxylic acids is 1. The third-order valence-electron chi connectivity index (χ3n) is 1.99. The molecule has 1 rings (SSSR count). The minimum absolute atomic E-state index is 0.0130. The number of cyclic esters (lactones) is 1. The summed E-state index contributed by atoms with van der Waals surface area (Å²) in [6, 6.07) is 0. The average Bonchev–Trinajstić information content (AvgIpc) is 2.17. The number of esters is 1. The first kappa shape index (κ1) is 9.29. The molecule has 1 fully saturated rings. The topological polar surface area (TPSA) is 26.3 Å². The normalized spacial score (nSPS) is 25.9. The van der Waals surface area contributed by atoms with Crippen molar-refractivity contribution in [1.82, 2.24) is 0 Å². The Labute approximate surface area is 80.8 Å². The van der Waals surface area contributed by atoms with Gasteiger partial charge in [-0.15, -0.1) is 0 Å². The molecule has 0 aliphatic carbocycles. The summed E-state index contributed by atoms with van der Waals surface area (Å²) in [4.78, 5) is 10.8. The lowest BCUT2D eigenvalue weighted by atomic mass is 10.0. The van der Waals surface area contributed by atoms with Crippen LogP contribution >= 0.6 is 22.6 Å². The molecule has 11 heavy (non-hydrogen) atoms. The van der Waals surface area contributed by atoms with Crippen LogP contribution in [0.4, 0.5) is 0 Å². The highest BCUT2D eigenvalue weighted by atomic mass is 127. The summed E-state index contributed by atoms with van der Waals surface area (Å²) in [5.41, 5.74) is 0. The highest BCUT2D eigenvalue weighted by Crippen LogP contribution is 2.18. The fraction of sp³-hybridized carbons (Fsp3) is 0.875. The van der Waals surface area contributed by atoms with E-state index in [1.165, 1.54) is 10.8 Å². The van der Waals surface area contributed by atoms with E-state index in [2.05, 4.69) is 22.6 Å². The van der Waals surface area contributed by atoms with Crippen molar-refractivity contribution in [1.29, 1.82) is 0 Å². The van der Waals surface area contributed by atoms with Crippen LogP contribution in [0.5, 0.6) is 0 Å². The van der Waals surface area contributed by atoms with Gasteiger partial charge in [-0.25, -0.2) is 0 Å². The van der Waals surface area contributed by atoms with Gasteiger partial charge in [-0.1, -0.05) is 22.6 Å². The predicted octanol–water partition coefficient (Wildman–Crippen LogP) is 2.15. The van der Waals surface area contributed by atoms with Crippen molar-refractivity contribution in [2.24, 2.45) is 5.92 Å². The Bertz CT molecular complexity index is 136. The van der Waals surface area contributed by atoms with Crippen molar-refractivity contribution in [2.75, 3.05) is 11.0 Å². The van der Waals surface area contributed by atoms with Gasteiger partial charge in [0.15, 0.2) is 0 Å². The van der Waals surface area contributed by atoms with Gasteiger partial charge < -0.3 is 4.74 Å². The fourth-order valence-corrected chi connectivity index (χ4v) is 2.16. The Balaban J connectivity index is 2.28. The molecule has 3 heteroatoms. The maximum Gasteiger partial charge on any atom is 0.305 e.